The van der Waals surface area contributed by atoms with Gasteiger partial charge in [0.1, 0.15) is 4.32 Å². The molecule has 0 heterocycles. The first-order chi connectivity index (χ1) is 7.56. The Kier molecular flexibility index (Phi) is 9.00. The van der Waals surface area contributed by atoms with E-state index in [0.29, 0.717) is 0 Å². The molecule has 96 valence electrons. The van der Waals surface area contributed by atoms with Crippen molar-refractivity contribution in [2.45, 2.75) is 76.0 Å². The highest BCUT2D eigenvalue weighted by Gasteiger charge is 2.33. The van der Waals surface area contributed by atoms with Crippen LogP contribution in [0.4, 0.5) is 0 Å². The molecular formula is C13H25BrO2. The Labute approximate surface area is 108 Å². The van der Waals surface area contributed by atoms with Gasteiger partial charge in [0.2, 0.25) is 0 Å². The van der Waals surface area contributed by atoms with Crippen LogP contribution in [0.2, 0.25) is 0 Å². The predicted molar refractivity (Wildman–Crippen MR) is 72.2 cm³/mol. The molecular weight excluding hydrogens is 268 g/mol. The number of halogens is 1. The largest absolute Gasteiger partial charge is 0.480 e. The van der Waals surface area contributed by atoms with E-state index in [4.69, 9.17) is 0 Å². The SMILES string of the molecule is CCCCCCC(Br)(CCCCC)C(=O)O. The van der Waals surface area contributed by atoms with E-state index in [0.717, 1.165) is 44.9 Å². The maximum Gasteiger partial charge on any atom is 0.320 e. The highest BCUT2D eigenvalue weighted by molar-refractivity contribution is 9.10. The molecule has 0 aromatic heterocycles. The minimum absolute atomic E-state index is 0.671. The van der Waals surface area contributed by atoms with Gasteiger partial charge in [-0.05, 0) is 12.8 Å². The van der Waals surface area contributed by atoms with Crippen molar-refractivity contribution < 1.29 is 9.90 Å². The molecule has 16 heavy (non-hydrogen) atoms. The third-order valence-corrected chi connectivity index (χ3v) is 4.12. The minimum atomic E-state index is -0.694. The van der Waals surface area contributed by atoms with Crippen molar-refractivity contribution in [1.82, 2.24) is 0 Å². The van der Waals surface area contributed by atoms with Crippen LogP contribution in [-0.4, -0.2) is 15.4 Å². The van der Waals surface area contributed by atoms with E-state index < -0.39 is 10.3 Å². The van der Waals surface area contributed by atoms with Crippen molar-refractivity contribution >= 4 is 21.9 Å². The van der Waals surface area contributed by atoms with Gasteiger partial charge in [-0.1, -0.05) is 74.7 Å². The molecule has 0 aromatic rings. The summed E-state index contributed by atoms with van der Waals surface area (Å²) in [5.74, 6) is -0.694. The molecule has 3 heteroatoms. The van der Waals surface area contributed by atoms with Crippen molar-refractivity contribution in [2.24, 2.45) is 0 Å². The summed E-state index contributed by atoms with van der Waals surface area (Å²) in [6, 6.07) is 0. The van der Waals surface area contributed by atoms with Crippen molar-refractivity contribution in [1.29, 1.82) is 0 Å². The van der Waals surface area contributed by atoms with Crippen LogP contribution >= 0.6 is 15.9 Å². The van der Waals surface area contributed by atoms with Gasteiger partial charge in [0.25, 0.3) is 0 Å². The van der Waals surface area contributed by atoms with Crippen molar-refractivity contribution in [3.8, 4) is 0 Å². The van der Waals surface area contributed by atoms with Crippen LogP contribution in [0, 0.1) is 0 Å². The van der Waals surface area contributed by atoms with Gasteiger partial charge in [-0.25, -0.2) is 0 Å². The summed E-state index contributed by atoms with van der Waals surface area (Å²) >= 11 is 3.43. The lowest BCUT2D eigenvalue weighted by Gasteiger charge is -2.22. The predicted octanol–water partition coefficient (Wildman–Crippen LogP) is 4.76. The Morgan fingerprint density at radius 2 is 1.44 bits per heavy atom. The Hall–Kier alpha value is -0.0500. The zero-order chi connectivity index (χ0) is 12.4. The lowest BCUT2D eigenvalue weighted by molar-refractivity contribution is -0.140. The van der Waals surface area contributed by atoms with E-state index in [9.17, 15) is 9.90 Å². The van der Waals surface area contributed by atoms with Crippen molar-refractivity contribution in [3.05, 3.63) is 0 Å². The molecule has 1 atom stereocenters. The number of carboxylic acid groups (broad SMARTS) is 1. The summed E-state index contributed by atoms with van der Waals surface area (Å²) in [7, 11) is 0. The standard InChI is InChI=1S/C13H25BrO2/c1-3-5-7-9-11-13(14,12(15)16)10-8-6-4-2/h3-11H2,1-2H3,(H,15,16). The number of hydrogen-bond donors (Lipinski definition) is 1. The quantitative estimate of drug-likeness (QED) is 0.466. The number of alkyl halides is 1. The molecule has 0 aromatic carbocycles. The third-order valence-electron chi connectivity index (χ3n) is 2.99. The van der Waals surface area contributed by atoms with E-state index in [1.165, 1.54) is 12.8 Å². The Bertz CT molecular complexity index is 194. The lowest BCUT2D eigenvalue weighted by atomic mass is 9.94. The Morgan fingerprint density at radius 3 is 1.88 bits per heavy atom. The lowest BCUT2D eigenvalue weighted by Crippen LogP contribution is -2.31. The van der Waals surface area contributed by atoms with E-state index in [-0.39, 0.29) is 0 Å². The first-order valence-corrected chi connectivity index (χ1v) is 7.28. The van der Waals surface area contributed by atoms with E-state index in [1.807, 2.05) is 0 Å². The second-order valence-corrected chi connectivity index (χ2v) is 6.06. The molecule has 0 aliphatic carbocycles. The van der Waals surface area contributed by atoms with Gasteiger partial charge in [0.15, 0.2) is 0 Å². The minimum Gasteiger partial charge on any atom is -0.480 e. The number of unbranched alkanes of at least 4 members (excludes halogenated alkanes) is 5. The maximum atomic E-state index is 11.2. The topological polar surface area (TPSA) is 37.3 Å². The summed E-state index contributed by atoms with van der Waals surface area (Å²) in [5, 5.41) is 9.24. The fourth-order valence-corrected chi connectivity index (χ4v) is 2.39. The molecule has 1 unspecified atom stereocenters. The van der Waals surface area contributed by atoms with Gasteiger partial charge in [-0.2, -0.15) is 0 Å². The monoisotopic (exact) mass is 292 g/mol. The number of carbonyl (C=O) groups is 1. The molecule has 0 spiro atoms. The van der Waals surface area contributed by atoms with Crippen LogP contribution in [0.15, 0.2) is 0 Å². The third kappa shape index (κ3) is 6.51. The molecule has 0 radical (unpaired) electrons. The van der Waals surface area contributed by atoms with Crippen LogP contribution in [0.25, 0.3) is 0 Å². The molecule has 2 nitrogen and oxygen atoms in total. The van der Waals surface area contributed by atoms with Gasteiger partial charge in [-0.15, -0.1) is 0 Å². The van der Waals surface area contributed by atoms with Gasteiger partial charge in [-0.3, -0.25) is 4.79 Å². The first-order valence-electron chi connectivity index (χ1n) is 6.49. The summed E-state index contributed by atoms with van der Waals surface area (Å²) in [6.07, 6.45) is 9.32. The van der Waals surface area contributed by atoms with E-state index in [2.05, 4.69) is 29.8 Å². The summed E-state index contributed by atoms with van der Waals surface area (Å²) < 4.78 is -0.671. The molecule has 0 saturated carbocycles. The molecule has 0 rings (SSSR count). The Morgan fingerprint density at radius 1 is 1.00 bits per heavy atom. The summed E-state index contributed by atoms with van der Waals surface area (Å²) in [4.78, 5) is 11.2. The van der Waals surface area contributed by atoms with Gasteiger partial charge in [0, 0.05) is 0 Å². The molecule has 0 aliphatic rings. The fraction of sp³-hybridized carbons (Fsp3) is 0.923. The molecule has 0 saturated heterocycles. The summed E-state index contributed by atoms with van der Waals surface area (Å²) in [6.45, 7) is 4.30. The number of aliphatic carboxylic acids is 1. The highest BCUT2D eigenvalue weighted by atomic mass is 79.9. The van der Waals surface area contributed by atoms with Gasteiger partial charge in [0.05, 0.1) is 0 Å². The van der Waals surface area contributed by atoms with Gasteiger partial charge < -0.3 is 5.11 Å². The first kappa shape index (κ1) is 16.0. The molecule has 1 N–H and O–H groups in total. The second kappa shape index (κ2) is 9.03. The van der Waals surface area contributed by atoms with Crippen LogP contribution in [0.3, 0.4) is 0 Å². The number of hydrogen-bond acceptors (Lipinski definition) is 1. The van der Waals surface area contributed by atoms with Crippen LogP contribution in [0.5, 0.6) is 0 Å². The molecule has 0 fully saturated rings. The van der Waals surface area contributed by atoms with Crippen LogP contribution in [0.1, 0.15) is 71.6 Å². The molecule has 0 bridgehead atoms. The smallest absolute Gasteiger partial charge is 0.320 e. The highest BCUT2D eigenvalue weighted by Crippen LogP contribution is 2.32. The summed E-state index contributed by atoms with van der Waals surface area (Å²) in [5.41, 5.74) is 0. The zero-order valence-electron chi connectivity index (χ0n) is 10.6. The van der Waals surface area contributed by atoms with E-state index in [1.54, 1.807) is 0 Å². The zero-order valence-corrected chi connectivity index (χ0v) is 12.2. The number of carboxylic acids is 1. The van der Waals surface area contributed by atoms with E-state index >= 15 is 0 Å². The average Bonchev–Trinajstić information content (AvgIpc) is 2.25. The fourth-order valence-electron chi connectivity index (χ4n) is 1.83. The molecule has 0 amide bonds. The Balaban J connectivity index is 3.96. The average molecular weight is 293 g/mol. The normalized spacial score (nSPS) is 14.7. The maximum absolute atomic E-state index is 11.2. The van der Waals surface area contributed by atoms with Crippen LogP contribution < -0.4 is 0 Å². The second-order valence-electron chi connectivity index (χ2n) is 4.54. The molecule has 0 aliphatic heterocycles. The number of rotatable bonds is 10. The van der Waals surface area contributed by atoms with Crippen molar-refractivity contribution in [3.63, 3.8) is 0 Å². The van der Waals surface area contributed by atoms with Gasteiger partial charge >= 0.3 is 5.97 Å². The van der Waals surface area contributed by atoms with Crippen LogP contribution in [-0.2, 0) is 4.79 Å². The van der Waals surface area contributed by atoms with Crippen molar-refractivity contribution in [2.75, 3.05) is 0 Å².